The van der Waals surface area contributed by atoms with Crippen molar-refractivity contribution in [1.82, 2.24) is 0 Å². The Morgan fingerprint density at radius 3 is 2.40 bits per heavy atom. The summed E-state index contributed by atoms with van der Waals surface area (Å²) in [6, 6.07) is 5.88. The third-order valence-electron chi connectivity index (χ3n) is 4.33. The molecule has 2 rings (SSSR count). The van der Waals surface area contributed by atoms with Crippen LogP contribution in [0.5, 0.6) is 0 Å². The van der Waals surface area contributed by atoms with Gasteiger partial charge < -0.3 is 10.1 Å². The highest BCUT2D eigenvalue weighted by molar-refractivity contribution is 7.92. The van der Waals surface area contributed by atoms with Crippen LogP contribution in [0.15, 0.2) is 36.4 Å². The molecule has 0 radical (unpaired) electrons. The van der Waals surface area contributed by atoms with E-state index < -0.39 is 39.6 Å². The summed E-state index contributed by atoms with van der Waals surface area (Å²) in [6.45, 7) is 4.76. The lowest BCUT2D eigenvalue weighted by Gasteiger charge is -2.28. The third kappa shape index (κ3) is 5.12. The maximum absolute atomic E-state index is 13.6. The van der Waals surface area contributed by atoms with Gasteiger partial charge in [-0.2, -0.15) is 0 Å². The summed E-state index contributed by atoms with van der Waals surface area (Å²) < 4.78 is 57.1. The fourth-order valence-corrected chi connectivity index (χ4v) is 4.04. The van der Waals surface area contributed by atoms with Gasteiger partial charge in [0.25, 0.3) is 0 Å². The van der Waals surface area contributed by atoms with Crippen LogP contribution in [0, 0.1) is 18.6 Å². The number of carbonyl (C=O) groups is 2. The lowest BCUT2D eigenvalue weighted by molar-refractivity contribution is -0.116. The van der Waals surface area contributed by atoms with Crippen LogP contribution in [0.4, 0.5) is 20.2 Å². The minimum atomic E-state index is -4.01. The molecule has 2 aromatic carbocycles. The number of benzene rings is 2. The lowest BCUT2D eigenvalue weighted by atomic mass is 10.1. The van der Waals surface area contributed by atoms with Gasteiger partial charge in [-0.15, -0.1) is 0 Å². The Morgan fingerprint density at radius 1 is 1.17 bits per heavy atom. The Labute approximate surface area is 173 Å². The van der Waals surface area contributed by atoms with Crippen molar-refractivity contribution < 1.29 is 31.5 Å². The van der Waals surface area contributed by atoms with Crippen molar-refractivity contribution >= 4 is 33.3 Å². The predicted octanol–water partition coefficient (Wildman–Crippen LogP) is 3.24. The molecular weight excluding hydrogens is 418 g/mol. The topological polar surface area (TPSA) is 92.8 Å². The highest BCUT2D eigenvalue weighted by atomic mass is 32.2. The largest absolute Gasteiger partial charge is 0.462 e. The quantitative estimate of drug-likeness (QED) is 0.668. The van der Waals surface area contributed by atoms with Crippen molar-refractivity contribution in [3.05, 3.63) is 59.2 Å². The summed E-state index contributed by atoms with van der Waals surface area (Å²) in [6.07, 6.45) is 0.852. The van der Waals surface area contributed by atoms with Crippen molar-refractivity contribution in [2.75, 3.05) is 22.5 Å². The van der Waals surface area contributed by atoms with Crippen molar-refractivity contribution in [3.8, 4) is 0 Å². The molecule has 1 N–H and O–H groups in total. The number of ether oxygens (including phenoxy) is 1. The van der Waals surface area contributed by atoms with Gasteiger partial charge in [0.1, 0.15) is 6.04 Å². The second-order valence-electron chi connectivity index (χ2n) is 6.52. The monoisotopic (exact) mass is 440 g/mol. The number of amides is 1. The molecule has 0 bridgehead atoms. The van der Waals surface area contributed by atoms with E-state index in [2.05, 4.69) is 5.32 Å². The second-order valence-corrected chi connectivity index (χ2v) is 8.38. The molecule has 10 heteroatoms. The summed E-state index contributed by atoms with van der Waals surface area (Å²) in [4.78, 5) is 24.8. The Bertz CT molecular complexity index is 1070. The van der Waals surface area contributed by atoms with E-state index in [-0.39, 0.29) is 23.5 Å². The number of anilines is 2. The predicted molar refractivity (Wildman–Crippen MR) is 109 cm³/mol. The Hall–Kier alpha value is -3.01. The van der Waals surface area contributed by atoms with Crippen LogP contribution in [0.2, 0.25) is 0 Å². The fourth-order valence-electron chi connectivity index (χ4n) is 2.87. The molecule has 7 nitrogen and oxygen atoms in total. The minimum absolute atomic E-state index is 0.184. The average molecular weight is 440 g/mol. The number of nitrogens with one attached hydrogen (secondary N) is 1. The van der Waals surface area contributed by atoms with Crippen LogP contribution in [-0.2, 0) is 19.6 Å². The molecule has 0 aliphatic rings. The smallest absolute Gasteiger partial charge is 0.338 e. The van der Waals surface area contributed by atoms with Crippen molar-refractivity contribution in [3.63, 3.8) is 0 Å². The van der Waals surface area contributed by atoms with Gasteiger partial charge in [-0.3, -0.25) is 9.10 Å². The average Bonchev–Trinajstić information content (AvgIpc) is 2.65. The first-order chi connectivity index (χ1) is 14.0. The number of carbonyl (C=O) groups excluding carboxylic acids is 2. The van der Waals surface area contributed by atoms with Gasteiger partial charge in [0.2, 0.25) is 15.9 Å². The van der Waals surface area contributed by atoms with Crippen LogP contribution in [0.3, 0.4) is 0 Å². The van der Waals surface area contributed by atoms with E-state index in [1.807, 2.05) is 0 Å². The molecule has 0 aromatic heterocycles. The van der Waals surface area contributed by atoms with Gasteiger partial charge in [-0.1, -0.05) is 6.07 Å². The van der Waals surface area contributed by atoms with Gasteiger partial charge in [0, 0.05) is 11.8 Å². The van der Waals surface area contributed by atoms with Crippen molar-refractivity contribution in [1.29, 1.82) is 0 Å². The number of sulfonamides is 1. The summed E-state index contributed by atoms with van der Waals surface area (Å²) in [5, 5.41) is 2.58. The molecule has 2 aromatic rings. The van der Waals surface area contributed by atoms with Crippen molar-refractivity contribution in [2.45, 2.75) is 26.8 Å². The number of rotatable bonds is 7. The number of hydrogen-bond acceptors (Lipinski definition) is 5. The normalized spacial score (nSPS) is 12.2. The van der Waals surface area contributed by atoms with Gasteiger partial charge in [0.15, 0.2) is 11.6 Å². The Balaban J connectivity index is 2.36. The molecule has 0 aliphatic heterocycles. The van der Waals surface area contributed by atoms with Crippen LogP contribution in [0.25, 0.3) is 0 Å². The molecular formula is C20H22F2N2O5S. The van der Waals surface area contributed by atoms with E-state index in [0.717, 1.165) is 18.4 Å². The summed E-state index contributed by atoms with van der Waals surface area (Å²) >= 11 is 0. The van der Waals surface area contributed by atoms with Crippen LogP contribution in [-0.4, -0.2) is 39.2 Å². The van der Waals surface area contributed by atoms with Gasteiger partial charge in [-0.25, -0.2) is 22.0 Å². The SMILES string of the molecule is CCOC(=O)c1cccc(NC(=O)[C@H](C)N(c2ccc(F)c(F)c2)S(C)(=O)=O)c1C. The van der Waals surface area contributed by atoms with E-state index >= 15 is 0 Å². The van der Waals surface area contributed by atoms with Crippen LogP contribution < -0.4 is 9.62 Å². The summed E-state index contributed by atoms with van der Waals surface area (Å²) in [7, 11) is -4.01. The van der Waals surface area contributed by atoms with Gasteiger partial charge >= 0.3 is 5.97 Å². The van der Waals surface area contributed by atoms with E-state index in [9.17, 15) is 26.8 Å². The molecule has 0 fully saturated rings. The molecule has 30 heavy (non-hydrogen) atoms. The summed E-state index contributed by atoms with van der Waals surface area (Å²) in [5.41, 5.74) is 0.783. The molecule has 162 valence electrons. The maximum atomic E-state index is 13.6. The molecule has 0 saturated heterocycles. The Morgan fingerprint density at radius 2 is 1.83 bits per heavy atom. The number of halogens is 2. The first-order valence-corrected chi connectivity index (χ1v) is 10.8. The number of esters is 1. The first-order valence-electron chi connectivity index (χ1n) is 8.99. The van der Waals surface area contributed by atoms with Crippen LogP contribution >= 0.6 is 0 Å². The molecule has 0 spiro atoms. The van der Waals surface area contributed by atoms with Gasteiger partial charge in [0.05, 0.1) is 24.1 Å². The van der Waals surface area contributed by atoms with Crippen LogP contribution in [0.1, 0.15) is 29.8 Å². The van der Waals surface area contributed by atoms with Crippen molar-refractivity contribution in [2.24, 2.45) is 0 Å². The molecule has 0 heterocycles. The molecule has 1 atom stereocenters. The minimum Gasteiger partial charge on any atom is -0.462 e. The van der Waals surface area contributed by atoms with E-state index in [1.165, 1.54) is 13.0 Å². The zero-order valence-corrected chi connectivity index (χ0v) is 17.7. The maximum Gasteiger partial charge on any atom is 0.338 e. The number of nitrogens with zero attached hydrogens (tertiary/aromatic N) is 1. The highest BCUT2D eigenvalue weighted by Crippen LogP contribution is 2.25. The zero-order valence-electron chi connectivity index (χ0n) is 16.9. The van der Waals surface area contributed by atoms with E-state index in [1.54, 1.807) is 26.0 Å². The molecule has 0 unspecified atom stereocenters. The summed E-state index contributed by atoms with van der Waals surface area (Å²) in [5.74, 6) is -3.67. The second kappa shape index (κ2) is 9.21. The van der Waals surface area contributed by atoms with Gasteiger partial charge in [-0.05, 0) is 50.6 Å². The zero-order chi connectivity index (χ0) is 22.6. The molecule has 1 amide bonds. The molecule has 0 saturated carbocycles. The standard InChI is InChI=1S/C20H22F2N2O5S/c1-5-29-20(26)15-7-6-8-18(12(15)2)23-19(25)13(3)24(30(4,27)28)14-9-10-16(21)17(22)11-14/h6-11,13H,5H2,1-4H3,(H,23,25)/t13-/m0/s1. The molecule has 0 aliphatic carbocycles. The lowest BCUT2D eigenvalue weighted by Crippen LogP contribution is -2.45. The highest BCUT2D eigenvalue weighted by Gasteiger charge is 2.30. The van der Waals surface area contributed by atoms with E-state index in [4.69, 9.17) is 4.74 Å². The Kier molecular flexibility index (Phi) is 7.14. The fraction of sp³-hybridized carbons (Fsp3) is 0.300. The van der Waals surface area contributed by atoms with E-state index in [0.29, 0.717) is 15.9 Å². The first kappa shape index (κ1) is 23.3. The number of hydrogen-bond donors (Lipinski definition) is 1. The third-order valence-corrected chi connectivity index (χ3v) is 5.57.